The zero-order valence-electron chi connectivity index (χ0n) is 14.3. The van der Waals surface area contributed by atoms with Crippen LogP contribution in [0.25, 0.3) is 0 Å². The number of rotatable bonds is 6. The summed E-state index contributed by atoms with van der Waals surface area (Å²) in [6.07, 6.45) is 1.43. The van der Waals surface area contributed by atoms with Crippen molar-refractivity contribution in [2.45, 2.75) is 11.4 Å². The molecule has 2 amide bonds. The quantitative estimate of drug-likeness (QED) is 0.580. The highest BCUT2D eigenvalue weighted by molar-refractivity contribution is 7.89. The normalized spacial score (nSPS) is 11.2. The third-order valence-corrected chi connectivity index (χ3v) is 5.00. The summed E-state index contributed by atoms with van der Waals surface area (Å²) in [6, 6.07) is 10.6. The van der Waals surface area contributed by atoms with Gasteiger partial charge in [-0.05, 0) is 42.5 Å². The molecule has 0 aliphatic heterocycles. The summed E-state index contributed by atoms with van der Waals surface area (Å²) >= 11 is 0. The highest BCUT2D eigenvalue weighted by Gasteiger charge is 2.16. The number of sulfonamides is 1. The van der Waals surface area contributed by atoms with Crippen molar-refractivity contribution < 1.29 is 26.4 Å². The van der Waals surface area contributed by atoms with Crippen LogP contribution < -0.4 is 15.4 Å². The number of carbonyl (C=O) groups excluding carboxylic acids is 1. The van der Waals surface area contributed by atoms with Crippen LogP contribution in [-0.2, 0) is 16.6 Å². The first-order valence-corrected chi connectivity index (χ1v) is 9.47. The first-order chi connectivity index (χ1) is 13.3. The minimum Gasteiger partial charge on any atom is -0.468 e. The molecule has 7 nitrogen and oxygen atoms in total. The van der Waals surface area contributed by atoms with Gasteiger partial charge in [-0.1, -0.05) is 6.07 Å². The van der Waals surface area contributed by atoms with Gasteiger partial charge in [-0.2, -0.15) is 0 Å². The Morgan fingerprint density at radius 3 is 2.54 bits per heavy atom. The Labute approximate surface area is 159 Å². The molecule has 2 aromatic carbocycles. The summed E-state index contributed by atoms with van der Waals surface area (Å²) in [6.45, 7) is -0.0304. The minimum absolute atomic E-state index is 0.0304. The zero-order chi connectivity index (χ0) is 20.1. The number of urea groups is 1. The number of furan rings is 1. The number of anilines is 2. The third kappa shape index (κ3) is 4.93. The Hall–Kier alpha value is -3.24. The van der Waals surface area contributed by atoms with Gasteiger partial charge < -0.3 is 15.1 Å². The van der Waals surface area contributed by atoms with Crippen molar-refractivity contribution >= 4 is 27.4 Å². The fourth-order valence-electron chi connectivity index (χ4n) is 2.28. The van der Waals surface area contributed by atoms with Gasteiger partial charge in [0.1, 0.15) is 17.4 Å². The molecule has 0 fully saturated rings. The molecule has 1 heterocycles. The zero-order valence-corrected chi connectivity index (χ0v) is 15.1. The van der Waals surface area contributed by atoms with Gasteiger partial charge >= 0.3 is 6.03 Å². The van der Waals surface area contributed by atoms with E-state index in [0.29, 0.717) is 11.8 Å². The Morgan fingerprint density at radius 1 is 1.00 bits per heavy atom. The smallest absolute Gasteiger partial charge is 0.323 e. The van der Waals surface area contributed by atoms with E-state index in [1.54, 1.807) is 12.1 Å². The molecule has 3 rings (SSSR count). The Balaban J connectivity index is 1.67. The number of hydrogen-bond acceptors (Lipinski definition) is 4. The van der Waals surface area contributed by atoms with Crippen LogP contribution in [0.3, 0.4) is 0 Å². The molecular formula is C18H15F2N3O4S. The number of halogens is 2. The second-order valence-corrected chi connectivity index (χ2v) is 7.40. The van der Waals surface area contributed by atoms with Gasteiger partial charge in [0.05, 0.1) is 23.4 Å². The molecule has 28 heavy (non-hydrogen) atoms. The van der Waals surface area contributed by atoms with Gasteiger partial charge in [-0.3, -0.25) is 0 Å². The minimum atomic E-state index is -3.85. The average molecular weight is 407 g/mol. The SMILES string of the molecule is O=C(Nc1cccc(S(=O)(=O)NCc2ccco2)c1)Nc1ccc(F)cc1F. The summed E-state index contributed by atoms with van der Waals surface area (Å²) < 4.78 is 58.7. The van der Waals surface area contributed by atoms with Crippen LogP contribution in [0.1, 0.15) is 5.76 Å². The van der Waals surface area contributed by atoms with Crippen LogP contribution in [-0.4, -0.2) is 14.4 Å². The van der Waals surface area contributed by atoms with E-state index in [9.17, 15) is 22.0 Å². The summed E-state index contributed by atoms with van der Waals surface area (Å²) in [5.41, 5.74) is -0.0521. The van der Waals surface area contributed by atoms with E-state index in [1.165, 1.54) is 30.5 Å². The lowest BCUT2D eigenvalue weighted by Gasteiger charge is -2.10. The molecule has 0 saturated heterocycles. The van der Waals surface area contributed by atoms with Gasteiger partial charge in [-0.15, -0.1) is 0 Å². The fourth-order valence-corrected chi connectivity index (χ4v) is 3.32. The van der Waals surface area contributed by atoms with E-state index in [0.717, 1.165) is 12.1 Å². The monoisotopic (exact) mass is 407 g/mol. The number of nitrogens with one attached hydrogen (secondary N) is 3. The largest absolute Gasteiger partial charge is 0.468 e. The van der Waals surface area contributed by atoms with Gasteiger partial charge in [0.15, 0.2) is 0 Å². The Morgan fingerprint density at radius 2 is 1.82 bits per heavy atom. The lowest BCUT2D eigenvalue weighted by atomic mass is 10.3. The molecule has 10 heteroatoms. The molecule has 0 radical (unpaired) electrons. The van der Waals surface area contributed by atoms with Crippen molar-refractivity contribution in [3.8, 4) is 0 Å². The average Bonchev–Trinajstić information content (AvgIpc) is 3.16. The Bertz CT molecular complexity index is 1090. The highest BCUT2D eigenvalue weighted by Crippen LogP contribution is 2.18. The van der Waals surface area contributed by atoms with Crippen molar-refractivity contribution in [2.75, 3.05) is 10.6 Å². The van der Waals surface area contributed by atoms with Gasteiger partial charge in [-0.25, -0.2) is 26.7 Å². The first kappa shape index (κ1) is 19.5. The van der Waals surface area contributed by atoms with Crippen LogP contribution in [0, 0.1) is 11.6 Å². The predicted octanol–water partition coefficient (Wildman–Crippen LogP) is 3.68. The first-order valence-electron chi connectivity index (χ1n) is 7.99. The van der Waals surface area contributed by atoms with E-state index in [1.807, 2.05) is 0 Å². The van der Waals surface area contributed by atoms with Crippen molar-refractivity contribution in [1.29, 1.82) is 0 Å². The third-order valence-electron chi connectivity index (χ3n) is 3.60. The fraction of sp³-hybridized carbons (Fsp3) is 0.0556. The summed E-state index contributed by atoms with van der Waals surface area (Å²) in [5.74, 6) is -1.27. The number of amides is 2. The van der Waals surface area contributed by atoms with Crippen LogP contribution in [0.5, 0.6) is 0 Å². The lowest BCUT2D eigenvalue weighted by Crippen LogP contribution is -2.24. The number of hydrogen-bond donors (Lipinski definition) is 3. The summed E-state index contributed by atoms with van der Waals surface area (Å²) in [5, 5.41) is 4.61. The molecule has 0 unspecified atom stereocenters. The van der Waals surface area contributed by atoms with E-state index in [4.69, 9.17) is 4.42 Å². The van der Waals surface area contributed by atoms with Crippen molar-refractivity contribution in [3.05, 3.63) is 78.3 Å². The highest BCUT2D eigenvalue weighted by atomic mass is 32.2. The number of benzene rings is 2. The molecule has 0 bridgehead atoms. The van der Waals surface area contributed by atoms with Crippen LogP contribution in [0.15, 0.2) is 70.2 Å². The molecule has 1 aromatic heterocycles. The predicted molar refractivity (Wildman–Crippen MR) is 98.2 cm³/mol. The van der Waals surface area contributed by atoms with Crippen LogP contribution in [0.4, 0.5) is 25.0 Å². The molecule has 0 aliphatic rings. The summed E-state index contributed by atoms with van der Waals surface area (Å²) in [4.78, 5) is 11.9. The van der Waals surface area contributed by atoms with Crippen LogP contribution >= 0.6 is 0 Å². The topological polar surface area (TPSA) is 100 Å². The van der Waals surface area contributed by atoms with E-state index < -0.39 is 27.7 Å². The molecule has 0 atom stereocenters. The summed E-state index contributed by atoms with van der Waals surface area (Å²) in [7, 11) is -3.85. The maximum Gasteiger partial charge on any atom is 0.323 e. The van der Waals surface area contributed by atoms with Gasteiger partial charge in [0.2, 0.25) is 10.0 Å². The second kappa shape index (κ2) is 8.19. The molecule has 0 saturated carbocycles. The molecular weight excluding hydrogens is 392 g/mol. The molecule has 146 valence electrons. The molecule has 3 aromatic rings. The molecule has 0 aliphatic carbocycles. The van der Waals surface area contributed by atoms with Gasteiger partial charge in [0, 0.05) is 11.8 Å². The van der Waals surface area contributed by atoms with Crippen molar-refractivity contribution in [1.82, 2.24) is 4.72 Å². The van der Waals surface area contributed by atoms with Crippen molar-refractivity contribution in [2.24, 2.45) is 0 Å². The van der Waals surface area contributed by atoms with E-state index in [2.05, 4.69) is 15.4 Å². The van der Waals surface area contributed by atoms with E-state index in [-0.39, 0.29) is 22.8 Å². The maximum atomic E-state index is 13.6. The van der Waals surface area contributed by atoms with E-state index >= 15 is 0 Å². The van der Waals surface area contributed by atoms with Gasteiger partial charge in [0.25, 0.3) is 0 Å². The molecule has 3 N–H and O–H groups in total. The second-order valence-electron chi connectivity index (χ2n) is 5.64. The van der Waals surface area contributed by atoms with Crippen molar-refractivity contribution in [3.63, 3.8) is 0 Å². The number of carbonyl (C=O) groups is 1. The maximum absolute atomic E-state index is 13.6. The molecule has 0 spiro atoms. The van der Waals surface area contributed by atoms with Crippen LogP contribution in [0.2, 0.25) is 0 Å². The Kier molecular flexibility index (Phi) is 5.71. The standard InChI is InChI=1S/C18H15F2N3O4S/c19-12-6-7-17(16(20)9-12)23-18(24)22-13-3-1-5-15(10-13)28(25,26)21-11-14-4-2-8-27-14/h1-10,21H,11H2,(H2,22,23,24). The lowest BCUT2D eigenvalue weighted by molar-refractivity contribution is 0.262.